The largest absolute Gasteiger partial charge is 0.353 e. The second-order valence-electron chi connectivity index (χ2n) is 5.68. The summed E-state index contributed by atoms with van der Waals surface area (Å²) >= 11 is 0. The summed E-state index contributed by atoms with van der Waals surface area (Å²) in [7, 11) is 0. The number of nitrogens with one attached hydrogen (secondary N) is 1. The van der Waals surface area contributed by atoms with E-state index in [0.29, 0.717) is 12.3 Å². The van der Waals surface area contributed by atoms with Crippen LogP contribution in [0.3, 0.4) is 0 Å². The number of carbonyl (C=O) groups is 2. The van der Waals surface area contributed by atoms with Crippen LogP contribution in [0.4, 0.5) is 11.5 Å². The van der Waals surface area contributed by atoms with Crippen LogP contribution in [0.5, 0.6) is 0 Å². The molecule has 1 saturated heterocycles. The first-order valence-electron chi connectivity index (χ1n) is 7.28. The first kappa shape index (κ1) is 15.3. The molecule has 2 amide bonds. The molecule has 1 aromatic rings. The predicted octanol–water partition coefficient (Wildman–Crippen LogP) is 1.34. The van der Waals surface area contributed by atoms with Crippen LogP contribution in [0.1, 0.15) is 20.3 Å². The van der Waals surface area contributed by atoms with Gasteiger partial charge in [0.25, 0.3) is 0 Å². The van der Waals surface area contributed by atoms with Gasteiger partial charge in [0.1, 0.15) is 5.82 Å². The Kier molecular flexibility index (Phi) is 5.14. The summed E-state index contributed by atoms with van der Waals surface area (Å²) in [5, 5.41) is 2.85. The second-order valence-corrected chi connectivity index (χ2v) is 5.68. The molecule has 0 bridgehead atoms. The van der Waals surface area contributed by atoms with Crippen molar-refractivity contribution >= 4 is 23.8 Å². The lowest BCUT2D eigenvalue weighted by atomic mass is 10.1. The monoisotopic (exact) mass is 290 g/mol. The van der Waals surface area contributed by atoms with E-state index in [9.17, 15) is 9.59 Å². The quantitative estimate of drug-likeness (QED) is 0.831. The number of hydrogen-bond acceptors (Lipinski definition) is 4. The van der Waals surface area contributed by atoms with Gasteiger partial charge in [0.15, 0.2) is 0 Å². The SMILES string of the molecule is CC(C)CC(=O)Nc1ccc(N2CCN(C=O)CC2)nc1. The number of anilines is 2. The lowest BCUT2D eigenvalue weighted by molar-refractivity contribution is -0.118. The molecular weight excluding hydrogens is 268 g/mol. The third-order valence-corrected chi connectivity index (χ3v) is 3.41. The molecule has 0 aliphatic carbocycles. The third-order valence-electron chi connectivity index (χ3n) is 3.41. The zero-order valence-corrected chi connectivity index (χ0v) is 12.6. The standard InChI is InChI=1S/C15H22N4O2/c1-12(2)9-15(21)17-13-3-4-14(16-10-13)19-7-5-18(11-20)6-8-19/h3-4,10-12H,5-9H2,1-2H3,(H,17,21). The van der Waals surface area contributed by atoms with Crippen molar-refractivity contribution in [3.8, 4) is 0 Å². The average molecular weight is 290 g/mol. The maximum atomic E-state index is 11.7. The highest BCUT2D eigenvalue weighted by molar-refractivity contribution is 5.90. The van der Waals surface area contributed by atoms with Gasteiger partial charge < -0.3 is 15.1 Å². The molecule has 21 heavy (non-hydrogen) atoms. The minimum absolute atomic E-state index is 0.0131. The molecule has 1 aliphatic rings. The Morgan fingerprint density at radius 2 is 2.05 bits per heavy atom. The number of amides is 2. The lowest BCUT2D eigenvalue weighted by Crippen LogP contribution is -2.46. The van der Waals surface area contributed by atoms with Crippen LogP contribution in [0, 0.1) is 5.92 Å². The first-order valence-corrected chi connectivity index (χ1v) is 7.28. The van der Waals surface area contributed by atoms with E-state index in [4.69, 9.17) is 0 Å². The van der Waals surface area contributed by atoms with Gasteiger partial charge in [-0.1, -0.05) is 13.8 Å². The molecule has 1 aromatic heterocycles. The summed E-state index contributed by atoms with van der Waals surface area (Å²) < 4.78 is 0. The molecule has 0 spiro atoms. The van der Waals surface area contributed by atoms with Gasteiger partial charge in [-0.05, 0) is 18.1 Å². The molecule has 1 aliphatic heterocycles. The smallest absolute Gasteiger partial charge is 0.224 e. The van der Waals surface area contributed by atoms with Gasteiger partial charge in [-0.15, -0.1) is 0 Å². The maximum Gasteiger partial charge on any atom is 0.224 e. The van der Waals surface area contributed by atoms with Crippen LogP contribution < -0.4 is 10.2 Å². The van der Waals surface area contributed by atoms with E-state index in [1.807, 2.05) is 26.0 Å². The van der Waals surface area contributed by atoms with E-state index in [-0.39, 0.29) is 5.91 Å². The number of aromatic nitrogens is 1. The number of piperazine rings is 1. The summed E-state index contributed by atoms with van der Waals surface area (Å²) in [6.07, 6.45) is 3.08. The highest BCUT2D eigenvalue weighted by atomic mass is 16.1. The minimum Gasteiger partial charge on any atom is -0.353 e. The van der Waals surface area contributed by atoms with E-state index >= 15 is 0 Å². The summed E-state index contributed by atoms with van der Waals surface area (Å²) in [5.41, 5.74) is 0.718. The van der Waals surface area contributed by atoms with Crippen molar-refractivity contribution in [1.82, 2.24) is 9.88 Å². The normalized spacial score (nSPS) is 15.2. The van der Waals surface area contributed by atoms with Crippen molar-refractivity contribution < 1.29 is 9.59 Å². The summed E-state index contributed by atoms with van der Waals surface area (Å²) in [6.45, 7) is 7.03. The fraction of sp³-hybridized carbons (Fsp3) is 0.533. The molecule has 2 rings (SSSR count). The van der Waals surface area contributed by atoms with Crippen molar-refractivity contribution in [2.45, 2.75) is 20.3 Å². The second kappa shape index (κ2) is 7.06. The van der Waals surface area contributed by atoms with Crippen LogP contribution in [-0.4, -0.2) is 48.4 Å². The van der Waals surface area contributed by atoms with Gasteiger partial charge in [-0.25, -0.2) is 4.98 Å². The minimum atomic E-state index is 0.0131. The fourth-order valence-electron chi connectivity index (χ4n) is 2.29. The molecule has 1 fully saturated rings. The van der Waals surface area contributed by atoms with Crippen LogP contribution in [-0.2, 0) is 9.59 Å². The Labute approximate surface area is 125 Å². The van der Waals surface area contributed by atoms with Crippen molar-refractivity contribution in [1.29, 1.82) is 0 Å². The van der Waals surface area contributed by atoms with Crippen LogP contribution >= 0.6 is 0 Å². The van der Waals surface area contributed by atoms with Gasteiger partial charge >= 0.3 is 0 Å². The van der Waals surface area contributed by atoms with Gasteiger partial charge in [0.05, 0.1) is 11.9 Å². The van der Waals surface area contributed by atoms with Crippen molar-refractivity contribution in [2.75, 3.05) is 36.4 Å². The Bertz CT molecular complexity index is 479. The molecule has 114 valence electrons. The van der Waals surface area contributed by atoms with E-state index in [1.54, 1.807) is 11.1 Å². The molecule has 6 nitrogen and oxygen atoms in total. The molecule has 0 aromatic carbocycles. The molecule has 0 unspecified atom stereocenters. The van der Waals surface area contributed by atoms with E-state index in [1.165, 1.54) is 0 Å². The Hall–Kier alpha value is -2.11. The fourth-order valence-corrected chi connectivity index (χ4v) is 2.29. The molecule has 0 radical (unpaired) electrons. The van der Waals surface area contributed by atoms with E-state index in [2.05, 4.69) is 15.2 Å². The number of nitrogens with zero attached hydrogens (tertiary/aromatic N) is 3. The Morgan fingerprint density at radius 1 is 1.33 bits per heavy atom. The maximum absolute atomic E-state index is 11.7. The average Bonchev–Trinajstić information content (AvgIpc) is 2.47. The summed E-state index contributed by atoms with van der Waals surface area (Å²) in [5.74, 6) is 1.23. The van der Waals surface area contributed by atoms with Crippen molar-refractivity contribution in [3.63, 3.8) is 0 Å². The highest BCUT2D eigenvalue weighted by Gasteiger charge is 2.16. The molecule has 0 saturated carbocycles. The Morgan fingerprint density at radius 3 is 2.57 bits per heavy atom. The molecule has 1 N–H and O–H groups in total. The molecule has 6 heteroatoms. The van der Waals surface area contributed by atoms with Crippen molar-refractivity contribution in [2.24, 2.45) is 5.92 Å². The summed E-state index contributed by atoms with van der Waals surface area (Å²) in [4.78, 5) is 30.7. The number of pyridine rings is 1. The number of rotatable bonds is 5. The Balaban J connectivity index is 1.90. The predicted molar refractivity (Wildman–Crippen MR) is 82.2 cm³/mol. The molecule has 0 atom stereocenters. The summed E-state index contributed by atoms with van der Waals surface area (Å²) in [6, 6.07) is 3.77. The zero-order valence-electron chi connectivity index (χ0n) is 12.6. The van der Waals surface area contributed by atoms with Gasteiger partial charge in [0.2, 0.25) is 12.3 Å². The van der Waals surface area contributed by atoms with Crippen LogP contribution in [0.15, 0.2) is 18.3 Å². The number of hydrogen-bond donors (Lipinski definition) is 1. The van der Waals surface area contributed by atoms with Gasteiger partial charge in [-0.3, -0.25) is 9.59 Å². The van der Waals surface area contributed by atoms with Crippen LogP contribution in [0.2, 0.25) is 0 Å². The zero-order chi connectivity index (χ0) is 15.2. The molecular formula is C15H22N4O2. The molecule has 2 heterocycles. The van der Waals surface area contributed by atoms with E-state index in [0.717, 1.165) is 44.1 Å². The van der Waals surface area contributed by atoms with Gasteiger partial charge in [0, 0.05) is 32.6 Å². The first-order chi connectivity index (χ1) is 10.1. The van der Waals surface area contributed by atoms with Gasteiger partial charge in [-0.2, -0.15) is 0 Å². The van der Waals surface area contributed by atoms with Crippen LogP contribution in [0.25, 0.3) is 0 Å². The topological polar surface area (TPSA) is 65.5 Å². The number of carbonyl (C=O) groups excluding carboxylic acids is 2. The van der Waals surface area contributed by atoms with E-state index < -0.39 is 0 Å². The van der Waals surface area contributed by atoms with Crippen molar-refractivity contribution in [3.05, 3.63) is 18.3 Å². The lowest BCUT2D eigenvalue weighted by Gasteiger charge is -2.33. The third kappa shape index (κ3) is 4.44. The highest BCUT2D eigenvalue weighted by Crippen LogP contribution is 2.16.